The Hall–Kier alpha value is -3.13. The number of hydrazone groups is 1. The van der Waals surface area contributed by atoms with Crippen molar-refractivity contribution in [2.45, 2.75) is 6.42 Å². The summed E-state index contributed by atoms with van der Waals surface area (Å²) in [6.07, 6.45) is 4.89. The first-order valence-electron chi connectivity index (χ1n) is 8.59. The van der Waals surface area contributed by atoms with Gasteiger partial charge in [0.2, 0.25) is 0 Å². The minimum atomic E-state index is 0.903. The predicted molar refractivity (Wildman–Crippen MR) is 108 cm³/mol. The topological polar surface area (TPSA) is 15.6 Å². The molecule has 3 aromatic carbocycles. The van der Waals surface area contributed by atoms with E-state index in [2.05, 4.69) is 77.4 Å². The first kappa shape index (κ1) is 15.4. The van der Waals surface area contributed by atoms with E-state index in [1.54, 1.807) is 0 Å². The van der Waals surface area contributed by atoms with Crippen LogP contribution in [0.3, 0.4) is 0 Å². The Bertz CT molecular complexity index is 912. The van der Waals surface area contributed by atoms with Crippen LogP contribution in [-0.4, -0.2) is 12.8 Å². The van der Waals surface area contributed by atoms with Crippen molar-refractivity contribution in [3.63, 3.8) is 0 Å². The Morgan fingerprint density at radius 2 is 1.52 bits per heavy atom. The van der Waals surface area contributed by atoms with Crippen LogP contribution in [-0.2, 0) is 0 Å². The van der Waals surface area contributed by atoms with Gasteiger partial charge in [0.25, 0.3) is 0 Å². The van der Waals surface area contributed by atoms with Crippen molar-refractivity contribution in [3.05, 3.63) is 84.9 Å². The van der Waals surface area contributed by atoms with Crippen molar-refractivity contribution < 1.29 is 0 Å². The number of anilines is 1. The second kappa shape index (κ2) is 6.78. The molecule has 1 aliphatic rings. The van der Waals surface area contributed by atoms with Crippen LogP contribution in [0.25, 0.3) is 28.3 Å². The van der Waals surface area contributed by atoms with Crippen molar-refractivity contribution in [1.29, 1.82) is 0 Å². The zero-order valence-corrected chi connectivity index (χ0v) is 14.1. The smallest absolute Gasteiger partial charge is 0.0756 e. The van der Waals surface area contributed by atoms with E-state index < -0.39 is 0 Å². The van der Waals surface area contributed by atoms with Gasteiger partial charge in [-0.15, -0.1) is 0 Å². The maximum absolute atomic E-state index is 4.63. The van der Waals surface area contributed by atoms with E-state index >= 15 is 0 Å². The van der Waals surface area contributed by atoms with Crippen LogP contribution >= 0.6 is 0 Å². The molecule has 2 nitrogen and oxygen atoms in total. The third-order valence-electron chi connectivity index (χ3n) is 4.53. The van der Waals surface area contributed by atoms with Crippen LogP contribution in [0.15, 0.2) is 84.5 Å². The molecule has 0 radical (unpaired) electrons. The summed E-state index contributed by atoms with van der Waals surface area (Å²) in [5, 5.41) is 6.75. The summed E-state index contributed by atoms with van der Waals surface area (Å²) < 4.78 is 0. The fourth-order valence-corrected chi connectivity index (χ4v) is 3.37. The molecule has 0 aromatic heterocycles. The average molecular weight is 324 g/mol. The van der Waals surface area contributed by atoms with Gasteiger partial charge in [0.1, 0.15) is 0 Å². The summed E-state index contributed by atoms with van der Waals surface area (Å²) in [6.45, 7) is 4.93. The van der Waals surface area contributed by atoms with Gasteiger partial charge in [0.15, 0.2) is 0 Å². The second-order valence-corrected chi connectivity index (χ2v) is 6.07. The highest BCUT2D eigenvalue weighted by Crippen LogP contribution is 2.43. The molecule has 2 heteroatoms. The van der Waals surface area contributed by atoms with E-state index in [0.29, 0.717) is 0 Å². The van der Waals surface area contributed by atoms with Gasteiger partial charge in [-0.25, -0.2) is 0 Å². The SMILES string of the molecule is C=Cc1ccc(-c2ccccc2)c(N2CCC=N2)c1-c1ccccc1. The lowest BCUT2D eigenvalue weighted by Crippen LogP contribution is -2.15. The van der Waals surface area contributed by atoms with Gasteiger partial charge in [0, 0.05) is 30.3 Å². The molecule has 0 atom stereocenters. The number of hydrogen-bond donors (Lipinski definition) is 0. The highest BCUT2D eigenvalue weighted by atomic mass is 15.5. The third-order valence-corrected chi connectivity index (χ3v) is 4.53. The van der Waals surface area contributed by atoms with Crippen LogP contribution in [0.5, 0.6) is 0 Å². The largest absolute Gasteiger partial charge is 0.264 e. The zero-order chi connectivity index (χ0) is 17.1. The molecular weight excluding hydrogens is 304 g/mol. The summed E-state index contributed by atoms with van der Waals surface area (Å²) in [6, 6.07) is 25.4. The maximum atomic E-state index is 4.63. The van der Waals surface area contributed by atoms with Crippen LogP contribution in [0, 0.1) is 0 Å². The van der Waals surface area contributed by atoms with Crippen molar-refractivity contribution in [2.24, 2.45) is 5.10 Å². The lowest BCUT2D eigenvalue weighted by Gasteiger charge is -2.24. The molecule has 25 heavy (non-hydrogen) atoms. The van der Waals surface area contributed by atoms with Crippen LogP contribution in [0.2, 0.25) is 0 Å². The highest BCUT2D eigenvalue weighted by Gasteiger charge is 2.21. The Morgan fingerprint density at radius 1 is 0.840 bits per heavy atom. The second-order valence-electron chi connectivity index (χ2n) is 6.07. The average Bonchev–Trinajstić information content (AvgIpc) is 3.22. The van der Waals surface area contributed by atoms with E-state index in [9.17, 15) is 0 Å². The van der Waals surface area contributed by atoms with Crippen molar-refractivity contribution in [2.75, 3.05) is 11.6 Å². The van der Waals surface area contributed by atoms with E-state index in [0.717, 1.165) is 24.2 Å². The number of benzene rings is 3. The van der Waals surface area contributed by atoms with Crippen LogP contribution in [0.4, 0.5) is 5.69 Å². The molecule has 0 unspecified atom stereocenters. The molecule has 0 spiro atoms. The Kier molecular flexibility index (Phi) is 4.17. The summed E-state index contributed by atoms with van der Waals surface area (Å²) in [4.78, 5) is 0. The van der Waals surface area contributed by atoms with Gasteiger partial charge in [-0.2, -0.15) is 5.10 Å². The van der Waals surface area contributed by atoms with Gasteiger partial charge < -0.3 is 0 Å². The molecule has 1 heterocycles. The van der Waals surface area contributed by atoms with Crippen LogP contribution < -0.4 is 5.01 Å². The summed E-state index contributed by atoms with van der Waals surface area (Å²) in [5.74, 6) is 0. The third kappa shape index (κ3) is 2.87. The summed E-state index contributed by atoms with van der Waals surface area (Å²) in [5.41, 5.74) is 7.06. The lowest BCUT2D eigenvalue weighted by molar-refractivity contribution is 0.924. The molecule has 122 valence electrons. The van der Waals surface area contributed by atoms with Gasteiger partial charge in [0.05, 0.1) is 5.69 Å². The zero-order valence-electron chi connectivity index (χ0n) is 14.1. The Labute approximate surface area is 148 Å². The van der Waals surface area contributed by atoms with E-state index in [1.807, 2.05) is 24.4 Å². The number of hydrogen-bond acceptors (Lipinski definition) is 2. The predicted octanol–water partition coefficient (Wildman–Crippen LogP) is 5.86. The van der Waals surface area contributed by atoms with E-state index in [1.165, 1.54) is 22.3 Å². The quantitative estimate of drug-likeness (QED) is 0.587. The molecule has 0 saturated heterocycles. The van der Waals surface area contributed by atoms with Crippen molar-refractivity contribution in [1.82, 2.24) is 0 Å². The van der Waals surface area contributed by atoms with Gasteiger partial charge in [-0.1, -0.05) is 85.5 Å². The van der Waals surface area contributed by atoms with E-state index in [-0.39, 0.29) is 0 Å². The number of rotatable bonds is 4. The van der Waals surface area contributed by atoms with Gasteiger partial charge in [-0.05, 0) is 16.7 Å². The molecule has 0 bridgehead atoms. The molecule has 4 rings (SSSR count). The van der Waals surface area contributed by atoms with E-state index in [4.69, 9.17) is 0 Å². The minimum Gasteiger partial charge on any atom is -0.264 e. The molecule has 0 saturated carbocycles. The molecule has 1 aliphatic heterocycles. The highest BCUT2D eigenvalue weighted by molar-refractivity contribution is 5.96. The first-order chi connectivity index (χ1) is 12.4. The van der Waals surface area contributed by atoms with Crippen molar-refractivity contribution >= 4 is 18.0 Å². The van der Waals surface area contributed by atoms with Gasteiger partial charge in [-0.3, -0.25) is 5.01 Å². The monoisotopic (exact) mass is 324 g/mol. The Balaban J connectivity index is 2.03. The minimum absolute atomic E-state index is 0.903. The molecule has 0 amide bonds. The van der Waals surface area contributed by atoms with Gasteiger partial charge >= 0.3 is 0 Å². The molecule has 3 aromatic rings. The normalized spacial score (nSPS) is 13.2. The lowest BCUT2D eigenvalue weighted by atomic mass is 9.91. The Morgan fingerprint density at radius 3 is 2.12 bits per heavy atom. The summed E-state index contributed by atoms with van der Waals surface area (Å²) in [7, 11) is 0. The molecular formula is C23H20N2. The standard InChI is InChI=1S/C23H20N2/c1-2-18-14-15-21(19-10-5-3-6-11-19)23(25-17-9-16-24-25)22(18)20-12-7-4-8-13-20/h2-8,10-16H,1,9,17H2. The number of nitrogens with zero attached hydrogens (tertiary/aromatic N) is 2. The molecule has 0 aliphatic carbocycles. The fraction of sp³-hybridized carbons (Fsp3) is 0.0870. The fourth-order valence-electron chi connectivity index (χ4n) is 3.37. The summed E-state index contributed by atoms with van der Waals surface area (Å²) >= 11 is 0. The van der Waals surface area contributed by atoms with Crippen molar-refractivity contribution in [3.8, 4) is 22.3 Å². The van der Waals surface area contributed by atoms with Crippen LogP contribution in [0.1, 0.15) is 12.0 Å². The molecule has 0 fully saturated rings. The maximum Gasteiger partial charge on any atom is 0.0756 e. The molecule has 0 N–H and O–H groups in total. The first-order valence-corrected chi connectivity index (χ1v) is 8.59.